The van der Waals surface area contributed by atoms with Crippen LogP contribution in [0.5, 0.6) is 0 Å². The van der Waals surface area contributed by atoms with E-state index in [1.165, 1.54) is 11.1 Å². The summed E-state index contributed by atoms with van der Waals surface area (Å²) in [4.78, 5) is 23.9. The van der Waals surface area contributed by atoms with E-state index in [1.807, 2.05) is 43.3 Å². The first-order valence-electron chi connectivity index (χ1n) is 8.21. The number of para-hydroxylation sites is 1. The third-order valence-electron chi connectivity index (χ3n) is 3.88. The molecule has 3 rings (SSSR count). The molecule has 0 aliphatic heterocycles. The van der Waals surface area contributed by atoms with Gasteiger partial charge in [-0.2, -0.15) is 0 Å². The number of benzene rings is 2. The van der Waals surface area contributed by atoms with Gasteiger partial charge in [0.05, 0.1) is 6.54 Å². The molecule has 0 aliphatic carbocycles. The first-order valence-corrected chi connectivity index (χ1v) is 8.21. The second-order valence-electron chi connectivity index (χ2n) is 5.92. The predicted octanol–water partition coefficient (Wildman–Crippen LogP) is 2.83. The quantitative estimate of drug-likeness (QED) is 0.727. The number of carbonyl (C=O) groups is 2. The van der Waals surface area contributed by atoms with E-state index in [0.717, 1.165) is 11.8 Å². The van der Waals surface area contributed by atoms with Gasteiger partial charge in [0.2, 0.25) is 5.91 Å². The SMILES string of the molecule is Cc1cccc(CCNC(=O)CNC(=O)c2cc3ccccc3o2)c1. The smallest absolute Gasteiger partial charge is 0.287 e. The molecular weight excluding hydrogens is 316 g/mol. The van der Waals surface area contributed by atoms with Gasteiger partial charge in [-0.1, -0.05) is 48.0 Å². The van der Waals surface area contributed by atoms with E-state index in [-0.39, 0.29) is 18.2 Å². The average molecular weight is 336 g/mol. The summed E-state index contributed by atoms with van der Waals surface area (Å²) in [6, 6.07) is 17.2. The molecule has 5 nitrogen and oxygen atoms in total. The second-order valence-corrected chi connectivity index (χ2v) is 5.92. The van der Waals surface area contributed by atoms with Crippen molar-refractivity contribution in [3.05, 3.63) is 71.5 Å². The molecular formula is C20H20N2O3. The lowest BCUT2D eigenvalue weighted by Crippen LogP contribution is -2.37. The molecule has 5 heteroatoms. The van der Waals surface area contributed by atoms with E-state index >= 15 is 0 Å². The maximum atomic E-state index is 12.1. The van der Waals surface area contributed by atoms with Crippen molar-refractivity contribution in [3.63, 3.8) is 0 Å². The zero-order valence-electron chi connectivity index (χ0n) is 14.0. The van der Waals surface area contributed by atoms with E-state index in [4.69, 9.17) is 4.42 Å². The van der Waals surface area contributed by atoms with Crippen LogP contribution in [0.25, 0.3) is 11.0 Å². The summed E-state index contributed by atoms with van der Waals surface area (Å²) in [6.07, 6.45) is 0.755. The third-order valence-corrected chi connectivity index (χ3v) is 3.88. The number of hydrogen-bond acceptors (Lipinski definition) is 3. The maximum Gasteiger partial charge on any atom is 0.287 e. The van der Waals surface area contributed by atoms with Crippen LogP contribution in [0.15, 0.2) is 59.0 Å². The second kappa shape index (κ2) is 7.66. The first-order chi connectivity index (χ1) is 12.1. The molecule has 0 spiro atoms. The first kappa shape index (κ1) is 16.8. The Labute approximate surface area is 146 Å². The van der Waals surface area contributed by atoms with Gasteiger partial charge in [0.1, 0.15) is 5.58 Å². The Morgan fingerprint density at radius 2 is 1.84 bits per heavy atom. The van der Waals surface area contributed by atoms with Crippen molar-refractivity contribution in [2.75, 3.05) is 13.1 Å². The lowest BCUT2D eigenvalue weighted by molar-refractivity contribution is -0.120. The Morgan fingerprint density at radius 1 is 1.00 bits per heavy atom. The van der Waals surface area contributed by atoms with Gasteiger partial charge >= 0.3 is 0 Å². The third kappa shape index (κ3) is 4.47. The monoisotopic (exact) mass is 336 g/mol. The molecule has 128 valence electrons. The molecule has 0 fully saturated rings. The van der Waals surface area contributed by atoms with Gasteiger partial charge in [-0.3, -0.25) is 9.59 Å². The van der Waals surface area contributed by atoms with Crippen LogP contribution in [-0.4, -0.2) is 24.9 Å². The van der Waals surface area contributed by atoms with E-state index < -0.39 is 5.91 Å². The Hall–Kier alpha value is -3.08. The van der Waals surface area contributed by atoms with Crippen LogP contribution >= 0.6 is 0 Å². The number of carbonyl (C=O) groups excluding carboxylic acids is 2. The highest BCUT2D eigenvalue weighted by molar-refractivity contribution is 5.97. The molecule has 0 radical (unpaired) electrons. The number of hydrogen-bond donors (Lipinski definition) is 2. The zero-order valence-corrected chi connectivity index (χ0v) is 14.0. The Balaban J connectivity index is 1.44. The van der Waals surface area contributed by atoms with E-state index in [0.29, 0.717) is 12.1 Å². The zero-order chi connectivity index (χ0) is 17.6. The van der Waals surface area contributed by atoms with Crippen LogP contribution in [0.2, 0.25) is 0 Å². The number of fused-ring (bicyclic) bond motifs is 1. The molecule has 0 aliphatic rings. The average Bonchev–Trinajstić information content (AvgIpc) is 3.04. The van der Waals surface area contributed by atoms with Crippen LogP contribution in [0, 0.1) is 6.92 Å². The van der Waals surface area contributed by atoms with Crippen LogP contribution in [-0.2, 0) is 11.2 Å². The number of rotatable bonds is 6. The van der Waals surface area contributed by atoms with Crippen molar-refractivity contribution >= 4 is 22.8 Å². The fraction of sp³-hybridized carbons (Fsp3) is 0.200. The minimum absolute atomic E-state index is 0.0797. The molecule has 0 bridgehead atoms. The van der Waals surface area contributed by atoms with Crippen LogP contribution in [0.4, 0.5) is 0 Å². The number of furan rings is 1. The minimum Gasteiger partial charge on any atom is -0.451 e. The van der Waals surface area contributed by atoms with Gasteiger partial charge in [-0.25, -0.2) is 0 Å². The van der Waals surface area contributed by atoms with Crippen molar-refractivity contribution in [2.24, 2.45) is 0 Å². The van der Waals surface area contributed by atoms with Gasteiger partial charge in [-0.05, 0) is 31.0 Å². The molecule has 2 N–H and O–H groups in total. The summed E-state index contributed by atoms with van der Waals surface area (Å²) >= 11 is 0. The highest BCUT2D eigenvalue weighted by atomic mass is 16.3. The number of amides is 2. The summed E-state index contributed by atoms with van der Waals surface area (Å²) in [5.74, 6) is -0.420. The predicted molar refractivity (Wildman–Crippen MR) is 96.4 cm³/mol. The largest absolute Gasteiger partial charge is 0.451 e. The van der Waals surface area contributed by atoms with E-state index in [1.54, 1.807) is 12.1 Å². The topological polar surface area (TPSA) is 71.3 Å². The molecule has 2 amide bonds. The molecule has 3 aromatic rings. The summed E-state index contributed by atoms with van der Waals surface area (Å²) in [6.45, 7) is 2.49. The lowest BCUT2D eigenvalue weighted by Gasteiger charge is -2.06. The van der Waals surface area contributed by atoms with Crippen molar-refractivity contribution in [2.45, 2.75) is 13.3 Å². The van der Waals surface area contributed by atoms with Gasteiger partial charge in [0.15, 0.2) is 5.76 Å². The molecule has 0 saturated carbocycles. The van der Waals surface area contributed by atoms with Gasteiger partial charge in [-0.15, -0.1) is 0 Å². The maximum absolute atomic E-state index is 12.1. The van der Waals surface area contributed by atoms with Crippen LogP contribution < -0.4 is 10.6 Å². The standard InChI is InChI=1S/C20H20N2O3/c1-14-5-4-6-15(11-14)9-10-21-19(23)13-22-20(24)18-12-16-7-2-3-8-17(16)25-18/h2-8,11-12H,9-10,13H2,1H3,(H,21,23)(H,22,24). The molecule has 25 heavy (non-hydrogen) atoms. The van der Waals surface area contributed by atoms with Crippen molar-refractivity contribution in [1.82, 2.24) is 10.6 Å². The molecule has 2 aromatic carbocycles. The molecule has 0 unspecified atom stereocenters. The van der Waals surface area contributed by atoms with Crippen molar-refractivity contribution < 1.29 is 14.0 Å². The number of nitrogens with one attached hydrogen (secondary N) is 2. The summed E-state index contributed by atoms with van der Waals surface area (Å²) in [7, 11) is 0. The summed E-state index contributed by atoms with van der Waals surface area (Å²) in [5.41, 5.74) is 3.02. The minimum atomic E-state index is -0.398. The molecule has 1 aromatic heterocycles. The summed E-state index contributed by atoms with van der Waals surface area (Å²) in [5, 5.41) is 6.23. The van der Waals surface area contributed by atoms with E-state index in [2.05, 4.69) is 16.7 Å². The Morgan fingerprint density at radius 3 is 2.64 bits per heavy atom. The highest BCUT2D eigenvalue weighted by Crippen LogP contribution is 2.18. The Kier molecular flexibility index (Phi) is 5.14. The normalized spacial score (nSPS) is 10.6. The Bertz CT molecular complexity index is 866. The van der Waals surface area contributed by atoms with E-state index in [9.17, 15) is 9.59 Å². The van der Waals surface area contributed by atoms with Crippen LogP contribution in [0.3, 0.4) is 0 Å². The van der Waals surface area contributed by atoms with Crippen molar-refractivity contribution in [3.8, 4) is 0 Å². The van der Waals surface area contributed by atoms with Gasteiger partial charge in [0.25, 0.3) is 5.91 Å². The molecule has 0 atom stereocenters. The number of aryl methyl sites for hydroxylation is 1. The lowest BCUT2D eigenvalue weighted by atomic mass is 10.1. The summed E-state index contributed by atoms with van der Waals surface area (Å²) < 4.78 is 5.47. The van der Waals surface area contributed by atoms with Crippen LogP contribution in [0.1, 0.15) is 21.7 Å². The fourth-order valence-corrected chi connectivity index (χ4v) is 2.62. The highest BCUT2D eigenvalue weighted by Gasteiger charge is 2.13. The molecule has 0 saturated heterocycles. The fourth-order valence-electron chi connectivity index (χ4n) is 2.62. The van der Waals surface area contributed by atoms with Crippen molar-refractivity contribution in [1.29, 1.82) is 0 Å². The molecule has 1 heterocycles. The van der Waals surface area contributed by atoms with Gasteiger partial charge in [0, 0.05) is 11.9 Å². The van der Waals surface area contributed by atoms with Gasteiger partial charge < -0.3 is 15.1 Å².